The largest absolute Gasteiger partial charge is 0.388 e. The topological polar surface area (TPSA) is 161 Å². The molecule has 2 fully saturated rings. The average molecular weight is 308 g/mol. The molecule has 2 aliphatic rings. The molecule has 0 unspecified atom stereocenters. The highest BCUT2D eigenvalue weighted by molar-refractivity contribution is 4.93. The van der Waals surface area contributed by atoms with E-state index < -0.39 is 61.3 Å². The number of aliphatic hydroxyl groups is 4. The summed E-state index contributed by atoms with van der Waals surface area (Å²) in [5.74, 6) is 0. The molecule has 2 heterocycles. The van der Waals surface area contributed by atoms with E-state index in [1.807, 2.05) is 0 Å². The second-order valence-electron chi connectivity index (χ2n) is 5.67. The van der Waals surface area contributed by atoms with Crippen molar-refractivity contribution in [1.82, 2.24) is 0 Å². The summed E-state index contributed by atoms with van der Waals surface area (Å²) in [6, 6.07) is -1.51. The molecule has 0 bridgehead atoms. The number of rotatable bonds is 2. The van der Waals surface area contributed by atoms with Gasteiger partial charge in [0, 0.05) is 0 Å². The first-order valence-corrected chi connectivity index (χ1v) is 6.94. The van der Waals surface area contributed by atoms with Gasteiger partial charge in [-0.3, -0.25) is 0 Å². The van der Waals surface area contributed by atoms with Crippen LogP contribution in [0.4, 0.5) is 0 Å². The molecule has 0 aromatic carbocycles. The molecule has 0 spiro atoms. The van der Waals surface area contributed by atoms with Crippen molar-refractivity contribution in [3.63, 3.8) is 0 Å². The lowest BCUT2D eigenvalue weighted by Gasteiger charge is -2.44. The molecular formula is C12H24N2O7. The van der Waals surface area contributed by atoms with Crippen molar-refractivity contribution in [2.24, 2.45) is 11.5 Å². The van der Waals surface area contributed by atoms with Crippen LogP contribution in [0, 0.1) is 0 Å². The van der Waals surface area contributed by atoms with Crippen LogP contribution in [0.5, 0.6) is 0 Å². The van der Waals surface area contributed by atoms with E-state index in [1.54, 1.807) is 13.8 Å². The molecule has 0 aromatic heterocycles. The van der Waals surface area contributed by atoms with E-state index >= 15 is 0 Å². The Morgan fingerprint density at radius 3 is 1.38 bits per heavy atom. The minimum atomic E-state index is -1.39. The number of hydrogen-bond donors (Lipinski definition) is 6. The van der Waals surface area contributed by atoms with Crippen LogP contribution in [0.2, 0.25) is 0 Å². The first-order valence-electron chi connectivity index (χ1n) is 6.94. The van der Waals surface area contributed by atoms with E-state index in [4.69, 9.17) is 25.7 Å². The van der Waals surface area contributed by atoms with Crippen LogP contribution in [0.25, 0.3) is 0 Å². The Bertz CT molecular complexity index is 328. The molecule has 0 aromatic rings. The van der Waals surface area contributed by atoms with E-state index in [0.29, 0.717) is 0 Å². The Hall–Kier alpha value is -0.360. The summed E-state index contributed by atoms with van der Waals surface area (Å²) < 4.78 is 16.1. The van der Waals surface area contributed by atoms with E-state index in [0.717, 1.165) is 0 Å². The van der Waals surface area contributed by atoms with Gasteiger partial charge in [0.15, 0.2) is 12.6 Å². The summed E-state index contributed by atoms with van der Waals surface area (Å²) in [6.45, 7) is 3.25. The molecule has 0 radical (unpaired) electrons. The minimum Gasteiger partial charge on any atom is -0.388 e. The molecule has 10 atom stereocenters. The van der Waals surface area contributed by atoms with Crippen LogP contribution in [0.15, 0.2) is 0 Å². The van der Waals surface area contributed by atoms with Crippen LogP contribution in [0.1, 0.15) is 13.8 Å². The van der Waals surface area contributed by atoms with Gasteiger partial charge in [0.05, 0.1) is 24.3 Å². The van der Waals surface area contributed by atoms with Crippen LogP contribution in [0.3, 0.4) is 0 Å². The maximum absolute atomic E-state index is 9.92. The van der Waals surface area contributed by atoms with Gasteiger partial charge in [-0.2, -0.15) is 0 Å². The molecule has 2 aliphatic heterocycles. The minimum absolute atomic E-state index is 0.557. The highest BCUT2D eigenvalue weighted by Gasteiger charge is 2.47. The normalized spacial score (nSPS) is 55.4. The molecule has 2 saturated heterocycles. The molecule has 9 nitrogen and oxygen atoms in total. The first-order chi connectivity index (χ1) is 9.73. The van der Waals surface area contributed by atoms with Gasteiger partial charge in [0.25, 0.3) is 0 Å². The predicted octanol–water partition coefficient (Wildman–Crippen LogP) is -3.41. The van der Waals surface area contributed by atoms with Gasteiger partial charge < -0.3 is 46.1 Å². The fraction of sp³-hybridized carbons (Fsp3) is 1.00. The smallest absolute Gasteiger partial charge is 0.189 e. The molecule has 0 amide bonds. The quantitative estimate of drug-likeness (QED) is 0.305. The van der Waals surface area contributed by atoms with Crippen LogP contribution in [-0.2, 0) is 14.2 Å². The number of hydrogen-bond acceptors (Lipinski definition) is 9. The van der Waals surface area contributed by atoms with Gasteiger partial charge in [-0.1, -0.05) is 0 Å². The van der Waals surface area contributed by atoms with Crippen molar-refractivity contribution >= 4 is 0 Å². The Balaban J connectivity index is 2.03. The zero-order valence-corrected chi connectivity index (χ0v) is 11.9. The van der Waals surface area contributed by atoms with Crippen LogP contribution in [-0.4, -0.2) is 81.7 Å². The number of nitrogens with two attached hydrogens (primary N) is 2. The maximum atomic E-state index is 9.92. The molecule has 2 rings (SSSR count). The third-order valence-electron chi connectivity index (χ3n) is 4.10. The highest BCUT2D eigenvalue weighted by atomic mass is 16.8. The fourth-order valence-corrected chi connectivity index (χ4v) is 2.46. The summed E-state index contributed by atoms with van der Waals surface area (Å²) in [5, 5.41) is 39.5. The second-order valence-corrected chi connectivity index (χ2v) is 5.67. The van der Waals surface area contributed by atoms with Crippen molar-refractivity contribution in [1.29, 1.82) is 0 Å². The Morgan fingerprint density at radius 2 is 1.05 bits per heavy atom. The molecule has 21 heavy (non-hydrogen) atoms. The highest BCUT2D eigenvalue weighted by Crippen LogP contribution is 2.26. The molecule has 0 aliphatic carbocycles. The summed E-state index contributed by atoms with van der Waals surface area (Å²) in [5.41, 5.74) is 11.3. The van der Waals surface area contributed by atoms with Crippen molar-refractivity contribution in [3.8, 4) is 0 Å². The molecule has 124 valence electrons. The van der Waals surface area contributed by atoms with Gasteiger partial charge in [-0.25, -0.2) is 0 Å². The Morgan fingerprint density at radius 1 is 0.714 bits per heavy atom. The van der Waals surface area contributed by atoms with Gasteiger partial charge in [0.1, 0.15) is 24.4 Å². The summed E-state index contributed by atoms with van der Waals surface area (Å²) in [4.78, 5) is 0. The lowest BCUT2D eigenvalue weighted by Crippen LogP contribution is -2.64. The monoisotopic (exact) mass is 308 g/mol. The van der Waals surface area contributed by atoms with E-state index in [-0.39, 0.29) is 0 Å². The van der Waals surface area contributed by atoms with Crippen molar-refractivity contribution < 1.29 is 34.6 Å². The maximum Gasteiger partial charge on any atom is 0.189 e. The third-order valence-corrected chi connectivity index (χ3v) is 4.10. The first kappa shape index (κ1) is 17.0. The van der Waals surface area contributed by atoms with Crippen molar-refractivity contribution in [2.75, 3.05) is 0 Å². The Kier molecular flexibility index (Phi) is 5.19. The Labute approximate surface area is 122 Å². The summed E-state index contributed by atoms with van der Waals surface area (Å²) in [7, 11) is 0. The van der Waals surface area contributed by atoms with Gasteiger partial charge in [0.2, 0.25) is 0 Å². The number of aliphatic hydroxyl groups excluding tert-OH is 4. The second kappa shape index (κ2) is 6.41. The van der Waals surface area contributed by atoms with Gasteiger partial charge in [-0.05, 0) is 13.8 Å². The standard InChI is InChI=1S/C12H24N2O7/c1-3-5(13)7(15)9(17)11(19-3)21-12-10(18)8(16)6(14)4(2)20-12/h3-12,15-18H,13-14H2,1-2H3/t3-,4-,5+,6+,7+,8+,9-,10-,11-,12-/m1/s1. The number of ether oxygens (including phenoxy) is 3. The van der Waals surface area contributed by atoms with Crippen molar-refractivity contribution in [3.05, 3.63) is 0 Å². The fourth-order valence-electron chi connectivity index (χ4n) is 2.46. The zero-order valence-electron chi connectivity index (χ0n) is 11.9. The van der Waals surface area contributed by atoms with E-state index in [9.17, 15) is 20.4 Å². The molecule has 8 N–H and O–H groups in total. The average Bonchev–Trinajstić information content (AvgIpc) is 2.45. The predicted molar refractivity (Wildman–Crippen MR) is 69.7 cm³/mol. The van der Waals surface area contributed by atoms with Gasteiger partial charge in [-0.15, -0.1) is 0 Å². The molecular weight excluding hydrogens is 284 g/mol. The van der Waals surface area contributed by atoms with E-state index in [1.165, 1.54) is 0 Å². The van der Waals surface area contributed by atoms with Crippen molar-refractivity contribution in [2.45, 2.75) is 75.1 Å². The molecule has 0 saturated carbocycles. The summed E-state index contributed by atoms with van der Waals surface area (Å²) >= 11 is 0. The third kappa shape index (κ3) is 3.21. The van der Waals surface area contributed by atoms with Crippen LogP contribution >= 0.6 is 0 Å². The lowest BCUT2D eigenvalue weighted by atomic mass is 9.97. The van der Waals surface area contributed by atoms with Crippen LogP contribution < -0.4 is 11.5 Å². The zero-order chi connectivity index (χ0) is 15.9. The summed E-state index contributed by atoms with van der Waals surface area (Å²) in [6.07, 6.45) is -8.83. The molecule has 9 heteroatoms. The van der Waals surface area contributed by atoms with Gasteiger partial charge >= 0.3 is 0 Å². The SMILES string of the molecule is C[C@H]1O[C@H](O[C@H]2O[C@H](C)[C@H](N)[C@H](O)[C@H]2O)[C@H](O)[C@@H](O)[C@H]1N. The van der Waals surface area contributed by atoms with E-state index in [2.05, 4.69) is 0 Å². The lowest BCUT2D eigenvalue weighted by molar-refractivity contribution is -0.354.